The number of hydrogen-bond acceptors (Lipinski definition) is 6. The molecule has 130 valence electrons. The van der Waals surface area contributed by atoms with E-state index in [0.29, 0.717) is 19.7 Å². The van der Waals surface area contributed by atoms with Gasteiger partial charge in [-0.05, 0) is 19.1 Å². The van der Waals surface area contributed by atoms with E-state index >= 15 is 0 Å². The topological polar surface area (TPSA) is 91.0 Å². The number of fused-ring (bicyclic) bond motifs is 1. The van der Waals surface area contributed by atoms with Gasteiger partial charge in [0.15, 0.2) is 5.82 Å². The third kappa shape index (κ3) is 2.98. The molecule has 0 aliphatic carbocycles. The van der Waals surface area contributed by atoms with Gasteiger partial charge in [-0.1, -0.05) is 17.3 Å². The second kappa shape index (κ2) is 6.60. The molecule has 1 aliphatic heterocycles. The molecule has 0 unspecified atom stereocenters. The van der Waals surface area contributed by atoms with Crippen molar-refractivity contribution in [2.75, 3.05) is 19.7 Å². The minimum Gasteiger partial charge on any atom is -0.366 e. The van der Waals surface area contributed by atoms with Gasteiger partial charge in [0, 0.05) is 13.1 Å². The smallest absolute Gasteiger partial charge is 0.244 e. The Hall–Kier alpha value is -2.81. The maximum Gasteiger partial charge on any atom is 0.244 e. The summed E-state index contributed by atoms with van der Waals surface area (Å²) in [7, 11) is 0. The lowest BCUT2D eigenvalue weighted by molar-refractivity contribution is -0.140. The number of amides is 1. The number of para-hydroxylation sites is 1. The molecule has 1 saturated heterocycles. The fraction of sp³-hybridized carbons (Fsp3) is 0.438. The second-order valence-electron chi connectivity index (χ2n) is 5.91. The zero-order valence-corrected chi connectivity index (χ0v) is 13.9. The van der Waals surface area contributed by atoms with Crippen molar-refractivity contribution in [1.82, 2.24) is 34.7 Å². The second-order valence-corrected chi connectivity index (χ2v) is 5.91. The summed E-state index contributed by atoms with van der Waals surface area (Å²) in [6, 6.07) is 7.61. The van der Waals surface area contributed by atoms with Crippen LogP contribution in [0, 0.1) is 0 Å². The van der Waals surface area contributed by atoms with Crippen LogP contribution < -0.4 is 0 Å². The normalized spacial score (nSPS) is 18.0. The molecule has 9 heteroatoms. The molecule has 9 nitrogen and oxygen atoms in total. The standard InChI is InChI=1S/C16H19N7O2/c1-2-21-11-17-19-16(21)14-9-22(7-8-25-14)15(24)10-23-13-6-4-3-5-12(13)18-20-23/h3-6,11,14H,2,7-10H2,1H3/t14-/m1/s1. The minimum atomic E-state index is -0.257. The molecule has 1 amide bonds. The van der Waals surface area contributed by atoms with Crippen LogP contribution in [0.25, 0.3) is 11.0 Å². The summed E-state index contributed by atoms with van der Waals surface area (Å²) < 4.78 is 9.37. The molecule has 0 N–H and O–H groups in total. The SMILES string of the molecule is CCn1cnnc1[C@H]1CN(C(=O)Cn2nnc3ccccc32)CCO1. The van der Waals surface area contributed by atoms with Crippen LogP contribution in [0.15, 0.2) is 30.6 Å². The number of ether oxygens (including phenoxy) is 1. The summed E-state index contributed by atoms with van der Waals surface area (Å²) in [5, 5.41) is 16.3. The number of rotatable bonds is 4. The molecule has 1 atom stereocenters. The molecule has 0 saturated carbocycles. The molecule has 1 aromatic carbocycles. The third-order valence-electron chi connectivity index (χ3n) is 4.40. The molecule has 1 fully saturated rings. The molecular formula is C16H19N7O2. The van der Waals surface area contributed by atoms with Gasteiger partial charge in [-0.3, -0.25) is 4.79 Å². The zero-order chi connectivity index (χ0) is 17.2. The molecule has 3 aromatic rings. The zero-order valence-electron chi connectivity index (χ0n) is 13.9. The highest BCUT2D eigenvalue weighted by atomic mass is 16.5. The molecule has 1 aliphatic rings. The molecule has 25 heavy (non-hydrogen) atoms. The van der Waals surface area contributed by atoms with E-state index in [4.69, 9.17) is 4.74 Å². The predicted octanol–water partition coefficient (Wildman–Crippen LogP) is 0.643. The fourth-order valence-corrected chi connectivity index (χ4v) is 3.05. The first-order valence-corrected chi connectivity index (χ1v) is 8.31. The van der Waals surface area contributed by atoms with Crippen molar-refractivity contribution >= 4 is 16.9 Å². The van der Waals surface area contributed by atoms with Crippen molar-refractivity contribution < 1.29 is 9.53 Å². The number of morpholine rings is 1. The Balaban J connectivity index is 1.48. The molecular weight excluding hydrogens is 322 g/mol. The number of benzene rings is 1. The Morgan fingerprint density at radius 2 is 2.20 bits per heavy atom. The van der Waals surface area contributed by atoms with E-state index in [1.54, 1.807) is 15.9 Å². The van der Waals surface area contributed by atoms with Crippen LogP contribution in [0.2, 0.25) is 0 Å². The van der Waals surface area contributed by atoms with Gasteiger partial charge in [-0.25, -0.2) is 4.68 Å². The Labute approximate surface area is 144 Å². The maximum absolute atomic E-state index is 12.7. The quantitative estimate of drug-likeness (QED) is 0.692. The first-order valence-electron chi connectivity index (χ1n) is 8.31. The summed E-state index contributed by atoms with van der Waals surface area (Å²) in [5.74, 6) is 0.748. The van der Waals surface area contributed by atoms with E-state index in [9.17, 15) is 4.79 Å². The Bertz CT molecular complexity index is 887. The molecule has 3 heterocycles. The first kappa shape index (κ1) is 15.7. The molecule has 4 rings (SSSR count). The summed E-state index contributed by atoms with van der Waals surface area (Å²) in [4.78, 5) is 14.5. The third-order valence-corrected chi connectivity index (χ3v) is 4.40. The van der Waals surface area contributed by atoms with E-state index in [1.165, 1.54) is 0 Å². The summed E-state index contributed by atoms with van der Waals surface area (Å²) >= 11 is 0. The number of hydrogen-bond donors (Lipinski definition) is 0. The van der Waals surface area contributed by atoms with E-state index in [-0.39, 0.29) is 18.6 Å². The van der Waals surface area contributed by atoms with Gasteiger partial charge in [0.05, 0.1) is 18.7 Å². The molecule has 0 spiro atoms. The molecule has 0 bridgehead atoms. The predicted molar refractivity (Wildman–Crippen MR) is 88.5 cm³/mol. The van der Waals surface area contributed by atoms with Crippen LogP contribution in [-0.2, 0) is 22.6 Å². The summed E-state index contributed by atoms with van der Waals surface area (Å²) in [6.07, 6.45) is 1.42. The number of carbonyl (C=O) groups is 1. The van der Waals surface area contributed by atoms with Crippen LogP contribution >= 0.6 is 0 Å². The van der Waals surface area contributed by atoms with E-state index < -0.39 is 0 Å². The lowest BCUT2D eigenvalue weighted by Crippen LogP contribution is -2.44. The summed E-state index contributed by atoms with van der Waals surface area (Å²) in [6.45, 7) is 4.45. The monoisotopic (exact) mass is 341 g/mol. The lowest BCUT2D eigenvalue weighted by Gasteiger charge is -2.32. The van der Waals surface area contributed by atoms with Gasteiger partial charge < -0.3 is 14.2 Å². The minimum absolute atomic E-state index is 0.00785. The van der Waals surface area contributed by atoms with E-state index in [2.05, 4.69) is 20.5 Å². The van der Waals surface area contributed by atoms with Gasteiger partial charge >= 0.3 is 0 Å². The Morgan fingerprint density at radius 1 is 1.32 bits per heavy atom. The van der Waals surface area contributed by atoms with Crippen molar-refractivity contribution in [3.63, 3.8) is 0 Å². The van der Waals surface area contributed by atoms with E-state index in [0.717, 1.165) is 23.4 Å². The first-order chi connectivity index (χ1) is 12.3. The largest absolute Gasteiger partial charge is 0.366 e. The van der Waals surface area contributed by atoms with Gasteiger partial charge in [0.25, 0.3) is 0 Å². The van der Waals surface area contributed by atoms with Crippen molar-refractivity contribution in [2.45, 2.75) is 26.1 Å². The van der Waals surface area contributed by atoms with Crippen LogP contribution in [0.5, 0.6) is 0 Å². The lowest BCUT2D eigenvalue weighted by atomic mass is 10.2. The fourth-order valence-electron chi connectivity index (χ4n) is 3.05. The highest BCUT2D eigenvalue weighted by Gasteiger charge is 2.28. The highest BCUT2D eigenvalue weighted by Crippen LogP contribution is 2.21. The Kier molecular flexibility index (Phi) is 4.14. The van der Waals surface area contributed by atoms with Gasteiger partial charge in [-0.2, -0.15) is 0 Å². The van der Waals surface area contributed by atoms with Crippen LogP contribution in [-0.4, -0.2) is 60.3 Å². The molecule has 2 aromatic heterocycles. The number of nitrogens with zero attached hydrogens (tertiary/aromatic N) is 7. The number of carbonyl (C=O) groups excluding carboxylic acids is 1. The van der Waals surface area contributed by atoms with Crippen molar-refractivity contribution in [3.8, 4) is 0 Å². The van der Waals surface area contributed by atoms with Gasteiger partial charge in [0.1, 0.15) is 24.5 Å². The Morgan fingerprint density at radius 3 is 3.08 bits per heavy atom. The van der Waals surface area contributed by atoms with Crippen LogP contribution in [0.4, 0.5) is 0 Å². The van der Waals surface area contributed by atoms with Gasteiger partial charge in [-0.15, -0.1) is 15.3 Å². The van der Waals surface area contributed by atoms with Gasteiger partial charge in [0.2, 0.25) is 5.91 Å². The van der Waals surface area contributed by atoms with Crippen LogP contribution in [0.1, 0.15) is 18.9 Å². The summed E-state index contributed by atoms with van der Waals surface area (Å²) in [5.41, 5.74) is 1.64. The maximum atomic E-state index is 12.7. The van der Waals surface area contributed by atoms with Crippen molar-refractivity contribution in [3.05, 3.63) is 36.4 Å². The van der Waals surface area contributed by atoms with E-state index in [1.807, 2.05) is 35.8 Å². The van der Waals surface area contributed by atoms with Crippen molar-refractivity contribution in [2.24, 2.45) is 0 Å². The highest BCUT2D eigenvalue weighted by molar-refractivity contribution is 5.79. The number of aryl methyl sites for hydroxylation is 1. The average Bonchev–Trinajstić information content (AvgIpc) is 3.29. The number of aromatic nitrogens is 6. The van der Waals surface area contributed by atoms with Crippen LogP contribution in [0.3, 0.4) is 0 Å². The van der Waals surface area contributed by atoms with Crippen molar-refractivity contribution in [1.29, 1.82) is 0 Å². The average molecular weight is 341 g/mol. The molecule has 0 radical (unpaired) electrons.